The highest BCUT2D eigenvalue weighted by atomic mass is 16.5. The number of nitrogens with zero attached hydrogens (tertiary/aromatic N) is 3. The molecule has 0 saturated carbocycles. The molecule has 2 heterocycles. The summed E-state index contributed by atoms with van der Waals surface area (Å²) in [6.07, 6.45) is 2.33. The van der Waals surface area contributed by atoms with Crippen molar-refractivity contribution < 1.29 is 19.1 Å². The van der Waals surface area contributed by atoms with Gasteiger partial charge in [0.25, 0.3) is 5.91 Å². The van der Waals surface area contributed by atoms with Gasteiger partial charge >= 0.3 is 6.03 Å². The fourth-order valence-electron chi connectivity index (χ4n) is 2.82. The number of hydrogen-bond donors (Lipinski definition) is 1. The van der Waals surface area contributed by atoms with Crippen molar-refractivity contribution in [1.29, 1.82) is 0 Å². The smallest absolute Gasteiger partial charge is 0.317 e. The third-order valence-corrected chi connectivity index (χ3v) is 4.38. The van der Waals surface area contributed by atoms with Gasteiger partial charge < -0.3 is 24.6 Å². The van der Waals surface area contributed by atoms with E-state index in [0.29, 0.717) is 45.0 Å². The summed E-state index contributed by atoms with van der Waals surface area (Å²) in [5.41, 5.74) is 1.45. The Morgan fingerprint density at radius 2 is 1.96 bits per heavy atom. The van der Waals surface area contributed by atoms with Crippen molar-refractivity contribution in [2.45, 2.75) is 19.4 Å². The molecule has 144 valence electrons. The van der Waals surface area contributed by atoms with Crippen LogP contribution in [-0.2, 0) is 9.47 Å². The first-order valence-electron chi connectivity index (χ1n) is 8.80. The summed E-state index contributed by atoms with van der Waals surface area (Å²) >= 11 is 0. The minimum atomic E-state index is -0.157. The lowest BCUT2D eigenvalue weighted by Crippen LogP contribution is -2.48. The van der Waals surface area contributed by atoms with Crippen LogP contribution in [0.4, 0.5) is 4.79 Å². The van der Waals surface area contributed by atoms with E-state index in [1.807, 2.05) is 13.0 Å². The number of rotatable bonds is 8. The van der Waals surface area contributed by atoms with Gasteiger partial charge in [-0.2, -0.15) is 0 Å². The average Bonchev–Trinajstić information content (AvgIpc) is 3.10. The molecule has 0 unspecified atom stereocenters. The van der Waals surface area contributed by atoms with Crippen LogP contribution in [0.2, 0.25) is 0 Å². The van der Waals surface area contributed by atoms with Gasteiger partial charge in [0.15, 0.2) is 0 Å². The Hall–Kier alpha value is -2.19. The largest absolute Gasteiger partial charge is 0.383 e. The Morgan fingerprint density at radius 3 is 2.54 bits per heavy atom. The fourth-order valence-corrected chi connectivity index (χ4v) is 2.82. The van der Waals surface area contributed by atoms with Gasteiger partial charge in [-0.25, -0.2) is 4.79 Å². The highest BCUT2D eigenvalue weighted by molar-refractivity contribution is 5.94. The van der Waals surface area contributed by atoms with Gasteiger partial charge in [-0.15, -0.1) is 0 Å². The summed E-state index contributed by atoms with van der Waals surface area (Å²) in [7, 11) is 3.21. The van der Waals surface area contributed by atoms with Gasteiger partial charge in [-0.05, 0) is 25.5 Å². The number of aryl methyl sites for hydroxylation is 1. The summed E-state index contributed by atoms with van der Waals surface area (Å²) in [5, 5.41) is 3.01. The molecule has 1 aromatic heterocycles. The summed E-state index contributed by atoms with van der Waals surface area (Å²) < 4.78 is 10.1. The zero-order valence-electron chi connectivity index (χ0n) is 15.7. The van der Waals surface area contributed by atoms with Crippen LogP contribution >= 0.6 is 0 Å². The van der Waals surface area contributed by atoms with E-state index in [1.54, 1.807) is 36.3 Å². The Bertz CT molecular complexity index is 585. The topological polar surface area (TPSA) is 84.0 Å². The standard InChI is InChI=1S/C18H28N4O4/c1-14-4-5-15(12-19-14)17(23)22-7-6-16(13-22)20-18(24)21(8-10-25-2)9-11-26-3/h4-5,12,16H,6-11,13H2,1-3H3,(H,20,24)/t16-/m1/s1. The van der Waals surface area contributed by atoms with Gasteiger partial charge in [-0.1, -0.05) is 0 Å². The fraction of sp³-hybridized carbons (Fsp3) is 0.611. The van der Waals surface area contributed by atoms with Crippen LogP contribution in [-0.4, -0.2) is 86.4 Å². The first-order valence-corrected chi connectivity index (χ1v) is 8.80. The average molecular weight is 364 g/mol. The third-order valence-electron chi connectivity index (χ3n) is 4.38. The maximum atomic E-state index is 12.5. The second-order valence-corrected chi connectivity index (χ2v) is 6.35. The molecular weight excluding hydrogens is 336 g/mol. The van der Waals surface area contributed by atoms with Crippen molar-refractivity contribution in [3.05, 3.63) is 29.6 Å². The summed E-state index contributed by atoms with van der Waals surface area (Å²) in [4.78, 5) is 32.6. The molecule has 1 saturated heterocycles. The zero-order valence-corrected chi connectivity index (χ0v) is 15.7. The van der Waals surface area contributed by atoms with Gasteiger partial charge in [0, 0.05) is 58.3 Å². The van der Waals surface area contributed by atoms with Crippen molar-refractivity contribution in [3.63, 3.8) is 0 Å². The van der Waals surface area contributed by atoms with E-state index in [-0.39, 0.29) is 18.0 Å². The second kappa shape index (κ2) is 10.1. The third kappa shape index (κ3) is 5.67. The highest BCUT2D eigenvalue weighted by Gasteiger charge is 2.29. The van der Waals surface area contributed by atoms with Crippen molar-refractivity contribution >= 4 is 11.9 Å². The number of methoxy groups -OCH3 is 2. The number of ether oxygens (including phenoxy) is 2. The van der Waals surface area contributed by atoms with Gasteiger partial charge in [0.1, 0.15) is 0 Å². The summed E-state index contributed by atoms with van der Waals surface area (Å²) in [6, 6.07) is 3.40. The molecule has 8 heteroatoms. The molecule has 1 aromatic rings. The monoisotopic (exact) mass is 364 g/mol. The Kier molecular flexibility index (Phi) is 7.80. The van der Waals surface area contributed by atoms with E-state index in [4.69, 9.17) is 9.47 Å². The molecule has 0 aliphatic carbocycles. The molecule has 8 nitrogen and oxygen atoms in total. The number of amides is 3. The zero-order chi connectivity index (χ0) is 18.9. The van der Waals surface area contributed by atoms with Crippen molar-refractivity contribution in [3.8, 4) is 0 Å². The molecule has 3 amide bonds. The number of urea groups is 1. The molecule has 1 N–H and O–H groups in total. The molecule has 0 bridgehead atoms. The Balaban J connectivity index is 1.87. The lowest BCUT2D eigenvalue weighted by molar-refractivity contribution is 0.0788. The van der Waals surface area contributed by atoms with Crippen molar-refractivity contribution in [2.75, 3.05) is 53.6 Å². The predicted molar refractivity (Wildman–Crippen MR) is 97.1 cm³/mol. The summed E-state index contributed by atoms with van der Waals surface area (Å²) in [6.45, 7) is 4.93. The molecule has 0 radical (unpaired) electrons. The first kappa shape index (κ1) is 20.1. The molecule has 1 aliphatic rings. The van der Waals surface area contributed by atoms with E-state index in [0.717, 1.165) is 12.1 Å². The van der Waals surface area contributed by atoms with E-state index in [9.17, 15) is 9.59 Å². The number of aromatic nitrogens is 1. The molecular formula is C18H28N4O4. The minimum absolute atomic E-state index is 0.0510. The maximum absolute atomic E-state index is 12.5. The Labute approximate surface area is 154 Å². The van der Waals surface area contributed by atoms with Crippen LogP contribution in [0.1, 0.15) is 22.5 Å². The quantitative estimate of drug-likeness (QED) is 0.741. The number of hydrogen-bond acceptors (Lipinski definition) is 5. The second-order valence-electron chi connectivity index (χ2n) is 6.35. The number of carbonyl (C=O) groups is 2. The van der Waals surface area contributed by atoms with E-state index >= 15 is 0 Å². The Morgan fingerprint density at radius 1 is 1.27 bits per heavy atom. The van der Waals surface area contributed by atoms with Crippen LogP contribution in [0.25, 0.3) is 0 Å². The normalized spacial score (nSPS) is 16.6. The van der Waals surface area contributed by atoms with E-state index < -0.39 is 0 Å². The van der Waals surface area contributed by atoms with Gasteiger partial charge in [0.2, 0.25) is 0 Å². The molecule has 0 spiro atoms. The summed E-state index contributed by atoms with van der Waals surface area (Å²) in [5.74, 6) is -0.0510. The number of pyridine rings is 1. The number of carbonyl (C=O) groups excluding carboxylic acids is 2. The molecule has 26 heavy (non-hydrogen) atoms. The first-order chi connectivity index (χ1) is 12.5. The lowest BCUT2D eigenvalue weighted by atomic mass is 10.2. The minimum Gasteiger partial charge on any atom is -0.383 e. The maximum Gasteiger partial charge on any atom is 0.317 e. The molecule has 1 aliphatic heterocycles. The van der Waals surface area contributed by atoms with Gasteiger partial charge in [-0.3, -0.25) is 9.78 Å². The van der Waals surface area contributed by atoms with Crippen LogP contribution in [0.3, 0.4) is 0 Å². The van der Waals surface area contributed by atoms with Crippen LogP contribution in [0, 0.1) is 6.92 Å². The predicted octanol–water partition coefficient (Wildman–Crippen LogP) is 0.909. The molecule has 0 aromatic carbocycles. The van der Waals surface area contributed by atoms with E-state index in [1.165, 1.54) is 0 Å². The lowest BCUT2D eigenvalue weighted by Gasteiger charge is -2.24. The van der Waals surface area contributed by atoms with Crippen molar-refractivity contribution in [2.24, 2.45) is 0 Å². The number of nitrogens with one attached hydrogen (secondary N) is 1. The SMILES string of the molecule is COCCN(CCOC)C(=O)N[C@@H]1CCN(C(=O)c2ccc(C)nc2)C1. The van der Waals surface area contributed by atoms with Crippen LogP contribution in [0.15, 0.2) is 18.3 Å². The number of likely N-dealkylation sites (tertiary alicyclic amines) is 1. The highest BCUT2D eigenvalue weighted by Crippen LogP contribution is 2.14. The van der Waals surface area contributed by atoms with Crippen LogP contribution < -0.4 is 5.32 Å². The molecule has 1 atom stereocenters. The molecule has 1 fully saturated rings. The van der Waals surface area contributed by atoms with E-state index in [2.05, 4.69) is 10.3 Å². The van der Waals surface area contributed by atoms with Gasteiger partial charge in [0.05, 0.1) is 18.8 Å². The van der Waals surface area contributed by atoms with Crippen LogP contribution in [0.5, 0.6) is 0 Å². The van der Waals surface area contributed by atoms with Crippen molar-refractivity contribution in [1.82, 2.24) is 20.1 Å². The molecule has 2 rings (SSSR count).